The van der Waals surface area contributed by atoms with Gasteiger partial charge in [0.15, 0.2) is 0 Å². The molecule has 2 aromatic rings. The minimum absolute atomic E-state index is 0.112. The Labute approximate surface area is 134 Å². The Bertz CT molecular complexity index is 622. The second-order valence-electron chi connectivity index (χ2n) is 7.39. The first kappa shape index (κ1) is 15.1. The van der Waals surface area contributed by atoms with E-state index in [2.05, 4.69) is 76.2 Å². The van der Waals surface area contributed by atoms with Crippen LogP contribution < -0.4 is 4.74 Å². The van der Waals surface area contributed by atoms with Crippen LogP contribution in [0.3, 0.4) is 0 Å². The van der Waals surface area contributed by atoms with Crippen LogP contribution in [0.15, 0.2) is 48.5 Å². The summed E-state index contributed by atoms with van der Waals surface area (Å²) >= 11 is 0. The van der Waals surface area contributed by atoms with E-state index >= 15 is 0 Å². The SMILES string of the molecule is Cc1ccc(OC(C)(C)CC2CC2c2ccc(C)cc2)cc1. The molecule has 0 N–H and O–H groups in total. The van der Waals surface area contributed by atoms with E-state index in [0.717, 1.165) is 24.0 Å². The van der Waals surface area contributed by atoms with E-state index in [9.17, 15) is 0 Å². The summed E-state index contributed by atoms with van der Waals surface area (Å²) in [5.41, 5.74) is 3.98. The lowest BCUT2D eigenvalue weighted by Crippen LogP contribution is -2.29. The zero-order valence-corrected chi connectivity index (χ0v) is 14.1. The van der Waals surface area contributed by atoms with E-state index in [1.54, 1.807) is 0 Å². The Morgan fingerprint density at radius 1 is 0.909 bits per heavy atom. The minimum atomic E-state index is -0.112. The van der Waals surface area contributed by atoms with Crippen LogP contribution in [0.25, 0.3) is 0 Å². The van der Waals surface area contributed by atoms with E-state index in [0.29, 0.717) is 0 Å². The molecule has 3 rings (SSSR count). The van der Waals surface area contributed by atoms with Crippen molar-refractivity contribution in [2.24, 2.45) is 5.92 Å². The van der Waals surface area contributed by atoms with Gasteiger partial charge >= 0.3 is 0 Å². The largest absolute Gasteiger partial charge is 0.488 e. The van der Waals surface area contributed by atoms with Gasteiger partial charge in [-0.2, -0.15) is 0 Å². The van der Waals surface area contributed by atoms with Crippen LogP contribution in [-0.4, -0.2) is 5.60 Å². The van der Waals surface area contributed by atoms with Gasteiger partial charge in [0.05, 0.1) is 0 Å². The summed E-state index contributed by atoms with van der Waals surface area (Å²) in [4.78, 5) is 0. The van der Waals surface area contributed by atoms with Gasteiger partial charge in [0.1, 0.15) is 11.4 Å². The van der Waals surface area contributed by atoms with Crippen LogP contribution in [-0.2, 0) is 0 Å². The van der Waals surface area contributed by atoms with Crippen LogP contribution >= 0.6 is 0 Å². The highest BCUT2D eigenvalue weighted by molar-refractivity contribution is 5.30. The maximum absolute atomic E-state index is 6.21. The van der Waals surface area contributed by atoms with E-state index < -0.39 is 0 Å². The van der Waals surface area contributed by atoms with Crippen LogP contribution in [0.2, 0.25) is 0 Å². The fraction of sp³-hybridized carbons (Fsp3) is 0.429. The molecule has 1 aliphatic rings. The summed E-state index contributed by atoms with van der Waals surface area (Å²) in [5, 5.41) is 0. The third kappa shape index (κ3) is 3.71. The summed E-state index contributed by atoms with van der Waals surface area (Å²) in [7, 11) is 0. The van der Waals surface area contributed by atoms with Gasteiger partial charge in [0.25, 0.3) is 0 Å². The van der Waals surface area contributed by atoms with Crippen molar-refractivity contribution in [1.82, 2.24) is 0 Å². The van der Waals surface area contributed by atoms with Gasteiger partial charge in [-0.1, -0.05) is 47.5 Å². The summed E-state index contributed by atoms with van der Waals surface area (Å²) in [5.74, 6) is 2.45. The molecule has 1 heteroatoms. The molecule has 0 spiro atoms. The van der Waals surface area contributed by atoms with Gasteiger partial charge in [0, 0.05) is 0 Å². The molecule has 116 valence electrons. The molecule has 22 heavy (non-hydrogen) atoms. The van der Waals surface area contributed by atoms with Gasteiger partial charge in [-0.25, -0.2) is 0 Å². The van der Waals surface area contributed by atoms with Crippen molar-refractivity contribution in [3.63, 3.8) is 0 Å². The Balaban J connectivity index is 1.58. The molecule has 2 unspecified atom stereocenters. The van der Waals surface area contributed by atoms with Crippen molar-refractivity contribution in [2.75, 3.05) is 0 Å². The standard InChI is InChI=1S/C21H26O/c1-15-5-9-17(10-6-15)20-13-18(20)14-21(3,4)22-19-11-7-16(2)8-12-19/h5-12,18,20H,13-14H2,1-4H3. The highest BCUT2D eigenvalue weighted by atomic mass is 16.5. The first-order valence-corrected chi connectivity index (χ1v) is 8.25. The zero-order valence-electron chi connectivity index (χ0n) is 14.1. The number of ether oxygens (including phenoxy) is 1. The molecule has 0 aromatic heterocycles. The minimum Gasteiger partial charge on any atom is -0.488 e. The van der Waals surface area contributed by atoms with Crippen molar-refractivity contribution >= 4 is 0 Å². The topological polar surface area (TPSA) is 9.23 Å². The Hall–Kier alpha value is -1.76. The van der Waals surface area contributed by atoms with Crippen LogP contribution in [0.4, 0.5) is 0 Å². The molecule has 1 fully saturated rings. The molecule has 0 amide bonds. The molecule has 1 saturated carbocycles. The monoisotopic (exact) mass is 294 g/mol. The van der Waals surface area contributed by atoms with Crippen LogP contribution in [0, 0.1) is 19.8 Å². The first-order chi connectivity index (χ1) is 10.4. The second kappa shape index (κ2) is 5.79. The summed E-state index contributed by atoms with van der Waals surface area (Å²) < 4.78 is 6.21. The van der Waals surface area contributed by atoms with Crippen molar-refractivity contribution < 1.29 is 4.74 Å². The van der Waals surface area contributed by atoms with E-state index in [1.165, 1.54) is 23.1 Å². The summed E-state index contributed by atoms with van der Waals surface area (Å²) in [6.45, 7) is 8.66. The van der Waals surface area contributed by atoms with Crippen molar-refractivity contribution in [2.45, 2.75) is 52.1 Å². The quantitative estimate of drug-likeness (QED) is 0.692. The molecule has 0 saturated heterocycles. The predicted octanol–water partition coefficient (Wildman–Crippen LogP) is 5.65. The number of hydrogen-bond donors (Lipinski definition) is 0. The van der Waals surface area contributed by atoms with Crippen LogP contribution in [0.5, 0.6) is 5.75 Å². The summed E-state index contributed by atoms with van der Waals surface area (Å²) in [6, 6.07) is 17.4. The average Bonchev–Trinajstić information content (AvgIpc) is 3.20. The molecular formula is C21H26O. The molecule has 2 atom stereocenters. The molecular weight excluding hydrogens is 268 g/mol. The van der Waals surface area contributed by atoms with Gasteiger partial charge in [-0.05, 0) is 70.1 Å². The lowest BCUT2D eigenvalue weighted by molar-refractivity contribution is 0.0923. The number of aryl methyl sites for hydroxylation is 2. The van der Waals surface area contributed by atoms with E-state index in [1.807, 2.05) is 0 Å². The molecule has 0 bridgehead atoms. The highest BCUT2D eigenvalue weighted by Gasteiger charge is 2.42. The first-order valence-electron chi connectivity index (χ1n) is 8.25. The van der Waals surface area contributed by atoms with Gasteiger partial charge in [0.2, 0.25) is 0 Å². The predicted molar refractivity (Wildman–Crippen MR) is 92.5 cm³/mol. The fourth-order valence-corrected chi connectivity index (χ4v) is 3.29. The fourth-order valence-electron chi connectivity index (χ4n) is 3.29. The Kier molecular flexibility index (Phi) is 3.99. The maximum Gasteiger partial charge on any atom is 0.120 e. The lowest BCUT2D eigenvalue weighted by atomic mass is 9.98. The van der Waals surface area contributed by atoms with Crippen molar-refractivity contribution in [3.8, 4) is 5.75 Å². The molecule has 1 nitrogen and oxygen atoms in total. The van der Waals surface area contributed by atoms with E-state index in [-0.39, 0.29) is 5.60 Å². The second-order valence-corrected chi connectivity index (χ2v) is 7.39. The molecule has 2 aromatic carbocycles. The number of rotatable bonds is 5. The summed E-state index contributed by atoms with van der Waals surface area (Å²) in [6.07, 6.45) is 2.41. The third-order valence-electron chi connectivity index (χ3n) is 4.60. The lowest BCUT2D eigenvalue weighted by Gasteiger charge is -2.27. The maximum atomic E-state index is 6.21. The molecule has 0 heterocycles. The zero-order chi connectivity index (χ0) is 15.7. The normalized spacial score (nSPS) is 20.7. The Morgan fingerprint density at radius 2 is 1.45 bits per heavy atom. The molecule has 0 radical (unpaired) electrons. The van der Waals surface area contributed by atoms with Crippen molar-refractivity contribution in [1.29, 1.82) is 0 Å². The smallest absolute Gasteiger partial charge is 0.120 e. The Morgan fingerprint density at radius 3 is 2.05 bits per heavy atom. The van der Waals surface area contributed by atoms with Crippen LogP contribution in [0.1, 0.15) is 49.3 Å². The average molecular weight is 294 g/mol. The van der Waals surface area contributed by atoms with Gasteiger partial charge < -0.3 is 4.74 Å². The van der Waals surface area contributed by atoms with Crippen molar-refractivity contribution in [3.05, 3.63) is 65.2 Å². The van der Waals surface area contributed by atoms with Gasteiger partial charge in [-0.3, -0.25) is 0 Å². The highest BCUT2D eigenvalue weighted by Crippen LogP contribution is 2.51. The number of hydrogen-bond acceptors (Lipinski definition) is 1. The van der Waals surface area contributed by atoms with Gasteiger partial charge in [-0.15, -0.1) is 0 Å². The molecule has 1 aliphatic carbocycles. The third-order valence-corrected chi connectivity index (χ3v) is 4.60. The molecule has 0 aliphatic heterocycles. The number of benzene rings is 2. The van der Waals surface area contributed by atoms with E-state index in [4.69, 9.17) is 4.74 Å².